The van der Waals surface area contributed by atoms with Crippen LogP contribution in [-0.4, -0.2) is 18.8 Å². The Morgan fingerprint density at radius 2 is 1.43 bits per heavy atom. The quantitative estimate of drug-likeness (QED) is 0.676. The lowest BCUT2D eigenvalue weighted by molar-refractivity contribution is -0.0115. The van der Waals surface area contributed by atoms with Gasteiger partial charge in [-0.2, -0.15) is 0 Å². The maximum atomic E-state index is 12.4. The first-order valence-corrected chi connectivity index (χ1v) is 9.36. The number of hydrogen-bond donors (Lipinski definition) is 0. The molecule has 0 amide bonds. The van der Waals surface area contributed by atoms with Crippen LogP contribution in [0.4, 0.5) is 0 Å². The molecule has 122 valence electrons. The molecule has 2 atom stereocenters. The molecule has 2 heteroatoms. The third kappa shape index (κ3) is 6.28. The lowest BCUT2D eigenvalue weighted by atomic mass is 9.82. The Bertz CT molecular complexity index is 252. The molecule has 2 bridgehead atoms. The molecule has 0 aromatic rings. The lowest BCUT2D eigenvalue weighted by Gasteiger charge is -2.30. The van der Waals surface area contributed by atoms with Gasteiger partial charge in [0.05, 0.1) is 12.2 Å². The van der Waals surface area contributed by atoms with Gasteiger partial charge in [0.2, 0.25) is 0 Å². The molecule has 3 saturated carbocycles. The second-order valence-electron chi connectivity index (χ2n) is 7.25. The molecule has 2 nitrogen and oxygen atoms in total. The van der Waals surface area contributed by atoms with Crippen LogP contribution in [0, 0.1) is 18.8 Å². The van der Waals surface area contributed by atoms with Gasteiger partial charge < -0.3 is 4.74 Å². The number of fused-ring (bicyclic) bond motifs is 12. The number of hydrogen-bond acceptors (Lipinski definition) is 1. The van der Waals surface area contributed by atoms with Gasteiger partial charge in [-0.15, -0.1) is 0 Å². The van der Waals surface area contributed by atoms with Crippen molar-refractivity contribution in [2.75, 3.05) is 6.61 Å². The molecule has 0 aliphatic heterocycles. The highest BCUT2D eigenvalue weighted by Crippen LogP contribution is 2.32. The van der Waals surface area contributed by atoms with Crippen LogP contribution in [0.2, 0.25) is 0 Å². The highest BCUT2D eigenvalue weighted by Gasteiger charge is 2.25. The minimum absolute atomic E-state index is 0.288. The van der Waals surface area contributed by atoms with Crippen LogP contribution in [0.25, 0.3) is 0 Å². The van der Waals surface area contributed by atoms with Crippen molar-refractivity contribution < 1.29 is 9.84 Å². The van der Waals surface area contributed by atoms with Crippen LogP contribution in [-0.2, 0) is 9.84 Å². The van der Waals surface area contributed by atoms with Crippen molar-refractivity contribution in [3.05, 3.63) is 6.92 Å². The maximum Gasteiger partial charge on any atom is 0.0933 e. The van der Waals surface area contributed by atoms with E-state index >= 15 is 0 Å². The first-order valence-electron chi connectivity index (χ1n) is 9.36. The fourth-order valence-electron chi connectivity index (χ4n) is 4.38. The summed E-state index contributed by atoms with van der Waals surface area (Å²) in [5.74, 6) is 1.35. The summed E-state index contributed by atoms with van der Waals surface area (Å²) in [6.07, 6.45) is 15.8. The van der Waals surface area contributed by atoms with Crippen LogP contribution < -0.4 is 0 Å². The third-order valence-corrected chi connectivity index (χ3v) is 5.60. The lowest BCUT2D eigenvalue weighted by Crippen LogP contribution is -2.27. The summed E-state index contributed by atoms with van der Waals surface area (Å²) in [6, 6.07) is 0. The van der Waals surface area contributed by atoms with Gasteiger partial charge in [-0.25, -0.2) is 5.11 Å². The van der Waals surface area contributed by atoms with Gasteiger partial charge >= 0.3 is 0 Å². The van der Waals surface area contributed by atoms with E-state index in [1.165, 1.54) is 64.2 Å². The average molecular weight is 294 g/mol. The van der Waals surface area contributed by atoms with E-state index in [2.05, 4.69) is 6.92 Å². The molecule has 3 aliphatic carbocycles. The first kappa shape index (κ1) is 17.3. The average Bonchev–Trinajstić information content (AvgIpc) is 2.45. The van der Waals surface area contributed by atoms with Crippen LogP contribution in [0.5, 0.6) is 0 Å². The van der Waals surface area contributed by atoms with Crippen molar-refractivity contribution in [2.45, 2.75) is 95.7 Å². The largest absolute Gasteiger partial charge is 0.378 e. The van der Waals surface area contributed by atoms with E-state index in [-0.39, 0.29) is 12.2 Å². The van der Waals surface area contributed by atoms with E-state index in [0.717, 1.165) is 19.3 Å². The standard InChI is InChI=1S/C19H34O2/c1-2-21-19-14-13-18(20)15-16-9-5-3-7-11-17(19)12-8-4-6-10-16/h16-19H,1-15H2. The van der Waals surface area contributed by atoms with Crippen molar-refractivity contribution in [1.29, 1.82) is 0 Å². The summed E-state index contributed by atoms with van der Waals surface area (Å²) in [5.41, 5.74) is 0. The van der Waals surface area contributed by atoms with Crippen LogP contribution in [0.15, 0.2) is 0 Å². The molecule has 0 aromatic carbocycles. The number of rotatable bonds is 2. The molecular formula is C19H34O2. The van der Waals surface area contributed by atoms with Gasteiger partial charge in [-0.05, 0) is 50.9 Å². The Labute approximate surface area is 131 Å². The van der Waals surface area contributed by atoms with Crippen molar-refractivity contribution in [2.24, 2.45) is 11.8 Å². The van der Waals surface area contributed by atoms with Gasteiger partial charge in [-0.3, -0.25) is 0 Å². The monoisotopic (exact) mass is 294 g/mol. The van der Waals surface area contributed by atoms with E-state index in [1.54, 1.807) is 0 Å². The fourth-order valence-corrected chi connectivity index (χ4v) is 4.38. The molecule has 0 heterocycles. The highest BCUT2D eigenvalue weighted by atomic mass is 16.5. The third-order valence-electron chi connectivity index (χ3n) is 5.60. The van der Waals surface area contributed by atoms with E-state index in [9.17, 15) is 5.11 Å². The second-order valence-corrected chi connectivity index (χ2v) is 7.25. The highest BCUT2D eigenvalue weighted by molar-refractivity contribution is 4.77. The Balaban J connectivity index is 2.06. The summed E-state index contributed by atoms with van der Waals surface area (Å²) in [6.45, 7) is 4.41. The molecule has 3 rings (SSSR count). The Hall–Kier alpha value is -0.0800. The molecule has 0 N–H and O–H groups in total. The number of ether oxygens (including phenoxy) is 1. The Morgan fingerprint density at radius 1 is 0.810 bits per heavy atom. The predicted molar refractivity (Wildman–Crippen MR) is 86.6 cm³/mol. The minimum atomic E-state index is -0.370. The maximum absolute atomic E-state index is 12.4. The van der Waals surface area contributed by atoms with E-state index < -0.39 is 0 Å². The topological polar surface area (TPSA) is 29.1 Å². The SMILES string of the molecule is [CH2]COC1CCC([O])CC2CCCCCC1CCCCC2. The van der Waals surface area contributed by atoms with Gasteiger partial charge in [0, 0.05) is 6.61 Å². The van der Waals surface area contributed by atoms with Crippen molar-refractivity contribution in [1.82, 2.24) is 0 Å². The van der Waals surface area contributed by atoms with E-state index in [0.29, 0.717) is 18.4 Å². The zero-order valence-electron chi connectivity index (χ0n) is 13.7. The molecule has 3 aliphatic rings. The molecule has 2 radical (unpaired) electrons. The van der Waals surface area contributed by atoms with Gasteiger partial charge in [-0.1, -0.05) is 51.4 Å². The second kappa shape index (κ2) is 9.84. The zero-order valence-corrected chi connectivity index (χ0v) is 13.7. The van der Waals surface area contributed by atoms with Gasteiger partial charge in [0.15, 0.2) is 0 Å². The minimum Gasteiger partial charge on any atom is -0.378 e. The summed E-state index contributed by atoms with van der Waals surface area (Å²) >= 11 is 0. The smallest absolute Gasteiger partial charge is 0.0933 e. The van der Waals surface area contributed by atoms with Crippen LogP contribution in [0.1, 0.15) is 83.5 Å². The predicted octanol–water partition coefficient (Wildman–Crippen LogP) is 5.34. The molecule has 3 fully saturated rings. The van der Waals surface area contributed by atoms with Crippen molar-refractivity contribution >= 4 is 0 Å². The van der Waals surface area contributed by atoms with E-state index in [1.807, 2.05) is 0 Å². The molecular weight excluding hydrogens is 260 g/mol. The molecule has 0 saturated heterocycles. The normalized spacial score (nSPS) is 36.9. The van der Waals surface area contributed by atoms with Crippen LogP contribution in [0.3, 0.4) is 0 Å². The molecule has 21 heavy (non-hydrogen) atoms. The molecule has 2 unspecified atom stereocenters. The fraction of sp³-hybridized carbons (Fsp3) is 0.947. The van der Waals surface area contributed by atoms with Crippen molar-refractivity contribution in [3.8, 4) is 0 Å². The molecule has 0 aromatic heterocycles. The Kier molecular flexibility index (Phi) is 8.10. The zero-order chi connectivity index (χ0) is 14.9. The molecule has 0 spiro atoms. The summed E-state index contributed by atoms with van der Waals surface area (Å²) in [4.78, 5) is 0. The Morgan fingerprint density at radius 3 is 2.05 bits per heavy atom. The van der Waals surface area contributed by atoms with Crippen LogP contribution >= 0.6 is 0 Å². The van der Waals surface area contributed by atoms with Gasteiger partial charge in [0.1, 0.15) is 0 Å². The van der Waals surface area contributed by atoms with Gasteiger partial charge in [0.25, 0.3) is 0 Å². The summed E-state index contributed by atoms with van der Waals surface area (Å²) in [5, 5.41) is 12.4. The van der Waals surface area contributed by atoms with Crippen molar-refractivity contribution in [3.63, 3.8) is 0 Å². The summed E-state index contributed by atoms with van der Waals surface area (Å²) < 4.78 is 5.94. The first-order chi connectivity index (χ1) is 10.3. The summed E-state index contributed by atoms with van der Waals surface area (Å²) in [7, 11) is 0. The van der Waals surface area contributed by atoms with E-state index in [4.69, 9.17) is 4.74 Å².